The second kappa shape index (κ2) is 6.20. The zero-order valence-corrected chi connectivity index (χ0v) is 12.1. The van der Waals surface area contributed by atoms with Crippen LogP contribution in [0.4, 0.5) is 0 Å². The van der Waals surface area contributed by atoms with Crippen molar-refractivity contribution in [3.8, 4) is 0 Å². The molecule has 0 saturated carbocycles. The number of piperidine rings is 1. The van der Waals surface area contributed by atoms with Crippen LogP contribution in [0.15, 0.2) is 24.3 Å². The second-order valence-corrected chi connectivity index (χ2v) is 5.97. The number of carbonyl (C=O) groups excluding carboxylic acids is 1. The minimum Gasteiger partial charge on any atom is -0.465 e. The summed E-state index contributed by atoms with van der Waals surface area (Å²) < 4.78 is 4.71. The molecule has 1 unspecified atom stereocenters. The number of benzene rings is 1. The molecule has 0 bridgehead atoms. The van der Waals surface area contributed by atoms with Crippen LogP contribution in [0, 0.1) is 11.8 Å². The van der Waals surface area contributed by atoms with E-state index in [1.807, 2.05) is 24.3 Å². The van der Waals surface area contributed by atoms with Crippen LogP contribution in [0.3, 0.4) is 0 Å². The van der Waals surface area contributed by atoms with E-state index in [4.69, 9.17) is 4.74 Å². The SMILES string of the molecule is COC(=O)c1ccc(C[NH+]2C[C@H](C)C[C@H](C)C2)cc1. The molecule has 104 valence electrons. The van der Waals surface area contributed by atoms with Crippen molar-refractivity contribution >= 4 is 5.97 Å². The number of nitrogens with one attached hydrogen (secondary N) is 1. The highest BCUT2D eigenvalue weighted by atomic mass is 16.5. The van der Waals surface area contributed by atoms with Gasteiger partial charge in [0.25, 0.3) is 0 Å². The van der Waals surface area contributed by atoms with Crippen molar-refractivity contribution in [2.24, 2.45) is 11.8 Å². The maximum atomic E-state index is 11.4. The lowest BCUT2D eigenvalue weighted by molar-refractivity contribution is -0.925. The van der Waals surface area contributed by atoms with Gasteiger partial charge < -0.3 is 9.64 Å². The van der Waals surface area contributed by atoms with Gasteiger partial charge in [0.1, 0.15) is 6.54 Å². The van der Waals surface area contributed by atoms with Gasteiger partial charge in [0.15, 0.2) is 0 Å². The molecule has 3 heteroatoms. The minimum absolute atomic E-state index is 0.265. The summed E-state index contributed by atoms with van der Waals surface area (Å²) in [5.74, 6) is 1.36. The van der Waals surface area contributed by atoms with Crippen LogP contribution in [-0.2, 0) is 11.3 Å². The highest BCUT2D eigenvalue weighted by Crippen LogP contribution is 2.13. The predicted molar refractivity (Wildman–Crippen MR) is 75.1 cm³/mol. The summed E-state index contributed by atoms with van der Waals surface area (Å²) >= 11 is 0. The lowest BCUT2D eigenvalue weighted by Crippen LogP contribution is -3.13. The second-order valence-electron chi connectivity index (χ2n) is 5.97. The van der Waals surface area contributed by atoms with Crippen LogP contribution in [-0.4, -0.2) is 26.2 Å². The Hall–Kier alpha value is -1.35. The highest BCUT2D eigenvalue weighted by molar-refractivity contribution is 5.89. The maximum absolute atomic E-state index is 11.4. The summed E-state index contributed by atoms with van der Waals surface area (Å²) in [6, 6.07) is 7.81. The van der Waals surface area contributed by atoms with Gasteiger partial charge in [-0.3, -0.25) is 0 Å². The fourth-order valence-electron chi connectivity index (χ4n) is 3.23. The van der Waals surface area contributed by atoms with E-state index in [0.29, 0.717) is 5.56 Å². The van der Waals surface area contributed by atoms with Crippen LogP contribution in [0.2, 0.25) is 0 Å². The molecule has 0 aromatic heterocycles. The number of likely N-dealkylation sites (tertiary alicyclic amines) is 1. The molecular weight excluding hydrogens is 238 g/mol. The van der Waals surface area contributed by atoms with E-state index in [-0.39, 0.29) is 5.97 Å². The molecule has 1 N–H and O–H groups in total. The highest BCUT2D eigenvalue weighted by Gasteiger charge is 2.24. The molecule has 1 aromatic carbocycles. The largest absolute Gasteiger partial charge is 0.465 e. The first kappa shape index (κ1) is 14.1. The van der Waals surface area contributed by atoms with E-state index in [1.54, 1.807) is 4.90 Å². The molecule has 3 atom stereocenters. The molecule has 3 nitrogen and oxygen atoms in total. The Morgan fingerprint density at radius 1 is 1.21 bits per heavy atom. The summed E-state index contributed by atoms with van der Waals surface area (Å²) in [6.45, 7) is 8.24. The minimum atomic E-state index is -0.265. The van der Waals surface area contributed by atoms with Crippen molar-refractivity contribution in [2.75, 3.05) is 20.2 Å². The summed E-state index contributed by atoms with van der Waals surface area (Å²) in [5, 5.41) is 0. The molecule has 1 heterocycles. The van der Waals surface area contributed by atoms with Gasteiger partial charge >= 0.3 is 5.97 Å². The fraction of sp³-hybridized carbons (Fsp3) is 0.562. The summed E-state index contributed by atoms with van der Waals surface area (Å²) in [4.78, 5) is 13.0. The van der Waals surface area contributed by atoms with Gasteiger partial charge in [-0.15, -0.1) is 0 Å². The Bertz CT molecular complexity index is 417. The predicted octanol–water partition coefficient (Wildman–Crippen LogP) is 1.53. The quantitative estimate of drug-likeness (QED) is 0.838. The average Bonchev–Trinajstić information content (AvgIpc) is 2.37. The number of methoxy groups -OCH3 is 1. The lowest BCUT2D eigenvalue weighted by Gasteiger charge is -2.32. The van der Waals surface area contributed by atoms with E-state index in [0.717, 1.165) is 18.4 Å². The van der Waals surface area contributed by atoms with Crippen LogP contribution in [0.5, 0.6) is 0 Å². The Kier molecular flexibility index (Phi) is 4.59. The summed E-state index contributed by atoms with van der Waals surface area (Å²) in [5.41, 5.74) is 1.92. The molecule has 0 radical (unpaired) electrons. The third kappa shape index (κ3) is 3.80. The topological polar surface area (TPSA) is 30.7 Å². The Morgan fingerprint density at radius 2 is 1.79 bits per heavy atom. The number of ether oxygens (including phenoxy) is 1. The standard InChI is InChI=1S/C16H23NO2/c1-12-8-13(2)10-17(9-12)11-14-4-6-15(7-5-14)16(18)19-3/h4-7,12-13H,8-11H2,1-3H3/p+1/t12-,13+. The van der Waals surface area contributed by atoms with Crippen molar-refractivity contribution in [1.82, 2.24) is 0 Å². The van der Waals surface area contributed by atoms with Crippen molar-refractivity contribution in [2.45, 2.75) is 26.8 Å². The van der Waals surface area contributed by atoms with E-state index in [1.165, 1.54) is 32.2 Å². The molecule has 1 saturated heterocycles. The molecule has 1 fully saturated rings. The number of esters is 1. The molecule has 1 aromatic rings. The van der Waals surface area contributed by atoms with Crippen molar-refractivity contribution in [3.05, 3.63) is 35.4 Å². The monoisotopic (exact) mass is 262 g/mol. The molecule has 2 rings (SSSR count). The van der Waals surface area contributed by atoms with Gasteiger partial charge in [0, 0.05) is 17.4 Å². The summed E-state index contributed by atoms with van der Waals surface area (Å²) in [7, 11) is 1.41. The third-order valence-corrected chi connectivity index (χ3v) is 3.91. The van der Waals surface area contributed by atoms with Crippen molar-refractivity contribution in [1.29, 1.82) is 0 Å². The van der Waals surface area contributed by atoms with Crippen LogP contribution in [0.1, 0.15) is 36.2 Å². The van der Waals surface area contributed by atoms with Crippen LogP contribution in [0.25, 0.3) is 0 Å². The van der Waals surface area contributed by atoms with Crippen molar-refractivity contribution in [3.63, 3.8) is 0 Å². The Labute approximate surface area is 115 Å². The third-order valence-electron chi connectivity index (χ3n) is 3.91. The smallest absolute Gasteiger partial charge is 0.337 e. The number of quaternary nitrogens is 1. The van der Waals surface area contributed by atoms with E-state index in [9.17, 15) is 4.79 Å². The van der Waals surface area contributed by atoms with Gasteiger partial charge in [0.2, 0.25) is 0 Å². The molecule has 19 heavy (non-hydrogen) atoms. The number of rotatable bonds is 3. The van der Waals surface area contributed by atoms with Gasteiger partial charge in [-0.25, -0.2) is 4.79 Å². The van der Waals surface area contributed by atoms with E-state index >= 15 is 0 Å². The summed E-state index contributed by atoms with van der Waals surface area (Å²) in [6.07, 6.45) is 1.35. The number of hydrogen-bond donors (Lipinski definition) is 1. The van der Waals surface area contributed by atoms with E-state index in [2.05, 4.69) is 13.8 Å². The molecule has 1 aliphatic heterocycles. The molecule has 0 aliphatic carbocycles. The molecule has 0 amide bonds. The Morgan fingerprint density at radius 3 is 2.32 bits per heavy atom. The Balaban J connectivity index is 1.97. The van der Waals surface area contributed by atoms with Gasteiger partial charge in [0.05, 0.1) is 25.8 Å². The van der Waals surface area contributed by atoms with Gasteiger partial charge in [-0.05, 0) is 18.6 Å². The van der Waals surface area contributed by atoms with Gasteiger partial charge in [-0.1, -0.05) is 26.0 Å². The maximum Gasteiger partial charge on any atom is 0.337 e. The first-order valence-corrected chi connectivity index (χ1v) is 7.09. The molecule has 1 aliphatic rings. The number of carbonyl (C=O) groups is 1. The zero-order chi connectivity index (χ0) is 13.8. The van der Waals surface area contributed by atoms with Gasteiger partial charge in [-0.2, -0.15) is 0 Å². The van der Waals surface area contributed by atoms with Crippen LogP contribution >= 0.6 is 0 Å². The first-order valence-electron chi connectivity index (χ1n) is 7.09. The fourth-order valence-corrected chi connectivity index (χ4v) is 3.23. The number of hydrogen-bond acceptors (Lipinski definition) is 2. The van der Waals surface area contributed by atoms with Crippen LogP contribution < -0.4 is 4.90 Å². The normalized spacial score (nSPS) is 27.0. The lowest BCUT2D eigenvalue weighted by atomic mass is 9.91. The van der Waals surface area contributed by atoms with E-state index < -0.39 is 0 Å². The molecular formula is C16H24NO2+. The first-order chi connectivity index (χ1) is 9.08. The average molecular weight is 262 g/mol. The van der Waals surface area contributed by atoms with Crippen molar-refractivity contribution < 1.29 is 14.4 Å². The molecule has 0 spiro atoms. The zero-order valence-electron chi connectivity index (χ0n) is 12.1.